The highest BCUT2D eigenvalue weighted by Crippen LogP contribution is 1.99. The van der Waals surface area contributed by atoms with Crippen molar-refractivity contribution in [3.8, 4) is 0 Å². The number of hydrogen-bond acceptors (Lipinski definition) is 6. The van der Waals surface area contributed by atoms with E-state index in [9.17, 15) is 9.59 Å². The molecule has 2 N–H and O–H groups in total. The van der Waals surface area contributed by atoms with Gasteiger partial charge in [0, 0.05) is 0 Å². The van der Waals surface area contributed by atoms with E-state index >= 15 is 0 Å². The number of carbonyl (C=O) groups excluding carboxylic acids is 2. The molecule has 2 unspecified atom stereocenters. The van der Waals surface area contributed by atoms with Crippen LogP contribution in [0.25, 0.3) is 0 Å². The number of esters is 2. The first kappa shape index (κ1) is 12.9. The lowest BCUT2D eigenvalue weighted by molar-refractivity contribution is -0.172. The molecule has 0 aliphatic rings. The molecular formula is C8H14O6. The van der Waals surface area contributed by atoms with Crippen molar-refractivity contribution in [1.82, 2.24) is 0 Å². The van der Waals surface area contributed by atoms with Gasteiger partial charge in [-0.15, -0.1) is 0 Å². The molecule has 0 aromatic carbocycles. The van der Waals surface area contributed by atoms with Gasteiger partial charge in [-0.25, -0.2) is 0 Å². The first-order valence-corrected chi connectivity index (χ1v) is 4.17. The summed E-state index contributed by atoms with van der Waals surface area (Å²) < 4.78 is 8.70. The van der Waals surface area contributed by atoms with Gasteiger partial charge in [0.15, 0.2) is 12.6 Å². The summed E-state index contributed by atoms with van der Waals surface area (Å²) in [6.45, 7) is 2.57. The second kappa shape index (κ2) is 6.33. The standard InChI is InChI=1S/C8H14O6/c1-5(9)13-7(11)3-4-8(12)14-6(2)10/h5-6,9-10H,3-4H2,1-2H3. The van der Waals surface area contributed by atoms with Gasteiger partial charge in [-0.2, -0.15) is 0 Å². The molecule has 0 heterocycles. The monoisotopic (exact) mass is 206 g/mol. The quantitative estimate of drug-likeness (QED) is 0.466. The number of carbonyl (C=O) groups is 2. The highest BCUT2D eigenvalue weighted by molar-refractivity contribution is 5.77. The Morgan fingerprint density at radius 1 is 1.00 bits per heavy atom. The molecule has 2 atom stereocenters. The second-order valence-electron chi connectivity index (χ2n) is 2.68. The van der Waals surface area contributed by atoms with Crippen LogP contribution >= 0.6 is 0 Å². The van der Waals surface area contributed by atoms with Crippen LogP contribution < -0.4 is 0 Å². The Balaban J connectivity index is 3.61. The first-order valence-electron chi connectivity index (χ1n) is 4.17. The average Bonchev–Trinajstić information content (AvgIpc) is 1.98. The largest absolute Gasteiger partial charge is 0.436 e. The molecule has 0 saturated carbocycles. The maximum Gasteiger partial charge on any atom is 0.308 e. The van der Waals surface area contributed by atoms with Gasteiger partial charge in [0.1, 0.15) is 0 Å². The fourth-order valence-electron chi connectivity index (χ4n) is 0.702. The molecule has 0 aliphatic heterocycles. The smallest absolute Gasteiger partial charge is 0.308 e. The van der Waals surface area contributed by atoms with Crippen molar-refractivity contribution in [3.63, 3.8) is 0 Å². The Morgan fingerprint density at radius 3 is 1.50 bits per heavy atom. The Labute approximate surface area is 81.4 Å². The van der Waals surface area contributed by atoms with Gasteiger partial charge >= 0.3 is 11.9 Å². The van der Waals surface area contributed by atoms with E-state index < -0.39 is 24.5 Å². The lowest BCUT2D eigenvalue weighted by Gasteiger charge is -2.08. The van der Waals surface area contributed by atoms with E-state index in [-0.39, 0.29) is 12.8 Å². The van der Waals surface area contributed by atoms with Crippen molar-refractivity contribution in [2.75, 3.05) is 0 Å². The van der Waals surface area contributed by atoms with E-state index in [1.807, 2.05) is 0 Å². The summed E-state index contributed by atoms with van der Waals surface area (Å²) in [5.74, 6) is -1.38. The molecule has 0 aliphatic carbocycles. The summed E-state index contributed by atoms with van der Waals surface area (Å²) in [5.41, 5.74) is 0. The molecule has 0 saturated heterocycles. The lowest BCUT2D eigenvalue weighted by Crippen LogP contribution is -2.18. The SMILES string of the molecule is CC(O)OC(=O)CCC(=O)OC(C)O. The van der Waals surface area contributed by atoms with Crippen molar-refractivity contribution in [2.45, 2.75) is 39.3 Å². The lowest BCUT2D eigenvalue weighted by atomic mass is 10.3. The average molecular weight is 206 g/mol. The maximum atomic E-state index is 10.8. The number of hydrogen-bond donors (Lipinski definition) is 2. The molecule has 14 heavy (non-hydrogen) atoms. The van der Waals surface area contributed by atoms with Crippen LogP contribution in [0, 0.1) is 0 Å². The molecule has 0 rings (SSSR count). The molecule has 0 fully saturated rings. The molecule has 6 nitrogen and oxygen atoms in total. The summed E-state index contributed by atoms with van der Waals surface area (Å²) in [6.07, 6.45) is -2.74. The topological polar surface area (TPSA) is 93.1 Å². The number of aliphatic hydroxyl groups is 2. The van der Waals surface area contributed by atoms with Gasteiger partial charge in [-0.05, 0) is 13.8 Å². The number of rotatable bonds is 5. The van der Waals surface area contributed by atoms with E-state index in [1.165, 1.54) is 13.8 Å². The third kappa shape index (κ3) is 7.51. The van der Waals surface area contributed by atoms with Crippen LogP contribution in [-0.2, 0) is 19.1 Å². The van der Waals surface area contributed by atoms with E-state index in [2.05, 4.69) is 9.47 Å². The fraction of sp³-hybridized carbons (Fsp3) is 0.750. The third-order valence-corrected chi connectivity index (χ3v) is 1.14. The zero-order valence-electron chi connectivity index (χ0n) is 8.10. The maximum absolute atomic E-state index is 10.8. The van der Waals surface area contributed by atoms with Crippen molar-refractivity contribution < 1.29 is 29.3 Å². The van der Waals surface area contributed by atoms with Crippen LogP contribution in [0.5, 0.6) is 0 Å². The Bertz CT molecular complexity index is 176. The Morgan fingerprint density at radius 2 is 1.29 bits per heavy atom. The van der Waals surface area contributed by atoms with E-state index in [4.69, 9.17) is 10.2 Å². The minimum absolute atomic E-state index is 0.184. The molecule has 0 bridgehead atoms. The van der Waals surface area contributed by atoms with Crippen LogP contribution in [0.2, 0.25) is 0 Å². The zero-order valence-corrected chi connectivity index (χ0v) is 8.10. The van der Waals surface area contributed by atoms with Crippen molar-refractivity contribution in [1.29, 1.82) is 0 Å². The van der Waals surface area contributed by atoms with Gasteiger partial charge in [-0.3, -0.25) is 9.59 Å². The van der Waals surface area contributed by atoms with Crippen LogP contribution in [0.15, 0.2) is 0 Å². The Kier molecular flexibility index (Phi) is 5.82. The summed E-state index contributed by atoms with van der Waals surface area (Å²) in [6, 6.07) is 0. The van der Waals surface area contributed by atoms with E-state index in [0.29, 0.717) is 0 Å². The van der Waals surface area contributed by atoms with Crippen LogP contribution in [0.3, 0.4) is 0 Å². The fourth-order valence-corrected chi connectivity index (χ4v) is 0.702. The molecule has 0 aromatic rings. The molecule has 0 amide bonds. The number of ether oxygens (including phenoxy) is 2. The molecule has 0 radical (unpaired) electrons. The van der Waals surface area contributed by atoms with Gasteiger partial charge in [0.25, 0.3) is 0 Å². The van der Waals surface area contributed by atoms with E-state index in [1.54, 1.807) is 0 Å². The van der Waals surface area contributed by atoms with Crippen molar-refractivity contribution in [3.05, 3.63) is 0 Å². The van der Waals surface area contributed by atoms with Crippen LogP contribution in [0.4, 0.5) is 0 Å². The predicted octanol–water partition coefficient (Wildman–Crippen LogP) is -0.470. The summed E-state index contributed by atoms with van der Waals surface area (Å²) >= 11 is 0. The molecule has 0 spiro atoms. The van der Waals surface area contributed by atoms with Crippen LogP contribution in [0.1, 0.15) is 26.7 Å². The predicted molar refractivity (Wildman–Crippen MR) is 44.8 cm³/mol. The second-order valence-corrected chi connectivity index (χ2v) is 2.68. The molecule has 6 heteroatoms. The van der Waals surface area contributed by atoms with Gasteiger partial charge in [0.05, 0.1) is 12.8 Å². The highest BCUT2D eigenvalue weighted by Gasteiger charge is 2.12. The normalized spacial score (nSPS) is 14.3. The third-order valence-electron chi connectivity index (χ3n) is 1.14. The minimum Gasteiger partial charge on any atom is -0.436 e. The Hall–Kier alpha value is -1.14. The van der Waals surface area contributed by atoms with Gasteiger partial charge in [-0.1, -0.05) is 0 Å². The molecule has 82 valence electrons. The summed E-state index contributed by atoms with van der Waals surface area (Å²) in [7, 11) is 0. The van der Waals surface area contributed by atoms with Crippen molar-refractivity contribution in [2.24, 2.45) is 0 Å². The first-order chi connectivity index (χ1) is 6.41. The summed E-state index contributed by atoms with van der Waals surface area (Å²) in [5, 5.41) is 17.3. The highest BCUT2D eigenvalue weighted by atomic mass is 16.6. The van der Waals surface area contributed by atoms with Crippen molar-refractivity contribution >= 4 is 11.9 Å². The van der Waals surface area contributed by atoms with E-state index in [0.717, 1.165) is 0 Å². The minimum atomic E-state index is -1.18. The van der Waals surface area contributed by atoms with Gasteiger partial charge in [0.2, 0.25) is 0 Å². The molecule has 0 aromatic heterocycles. The molecular weight excluding hydrogens is 192 g/mol. The van der Waals surface area contributed by atoms with Gasteiger partial charge < -0.3 is 19.7 Å². The van der Waals surface area contributed by atoms with Crippen LogP contribution in [-0.4, -0.2) is 34.7 Å². The number of aliphatic hydroxyl groups excluding tert-OH is 2. The summed E-state index contributed by atoms with van der Waals surface area (Å²) in [4.78, 5) is 21.6. The zero-order chi connectivity index (χ0) is 11.1.